The minimum absolute atomic E-state index is 0.0849. The van der Waals surface area contributed by atoms with E-state index in [4.69, 9.17) is 16.3 Å². The molecule has 1 amide bonds. The number of nitrogens with one attached hydrogen (secondary N) is 1. The van der Waals surface area contributed by atoms with E-state index in [9.17, 15) is 9.59 Å². The van der Waals surface area contributed by atoms with Gasteiger partial charge in [0.05, 0.1) is 52.5 Å². The molecule has 0 atom stereocenters. The number of carbonyl (C=O) groups is 1. The average Bonchev–Trinajstić information content (AvgIpc) is 3.17. The molecule has 1 N–H and O–H groups in total. The van der Waals surface area contributed by atoms with E-state index in [2.05, 4.69) is 20.3 Å². The summed E-state index contributed by atoms with van der Waals surface area (Å²) >= 11 is 6.02. The van der Waals surface area contributed by atoms with Crippen molar-refractivity contribution in [3.8, 4) is 11.7 Å². The number of nitrogens with zero attached hydrogens (tertiary/aromatic N) is 5. The average molecular weight is 507 g/mol. The van der Waals surface area contributed by atoms with Crippen LogP contribution in [0.4, 0.5) is 0 Å². The number of benzene rings is 1. The zero-order valence-electron chi connectivity index (χ0n) is 20.1. The Hall–Kier alpha value is -3.72. The number of ether oxygens (including phenoxy) is 1. The Morgan fingerprint density at radius 1 is 1.08 bits per heavy atom. The van der Waals surface area contributed by atoms with Gasteiger partial charge in [-0.25, -0.2) is 14.8 Å². The van der Waals surface area contributed by atoms with Crippen LogP contribution in [-0.4, -0.2) is 43.1 Å². The first kappa shape index (κ1) is 24.0. The first-order valence-electron chi connectivity index (χ1n) is 11.9. The van der Waals surface area contributed by atoms with Gasteiger partial charge in [-0.2, -0.15) is 0 Å². The number of aromatic nitrogens is 5. The maximum atomic E-state index is 13.5. The van der Waals surface area contributed by atoms with Crippen molar-refractivity contribution < 1.29 is 9.53 Å². The third kappa shape index (κ3) is 4.70. The van der Waals surface area contributed by atoms with E-state index in [-0.39, 0.29) is 23.6 Å². The zero-order chi connectivity index (χ0) is 25.2. The Labute approximate surface area is 213 Å². The largest absolute Gasteiger partial charge is 0.467 e. The number of halogens is 1. The summed E-state index contributed by atoms with van der Waals surface area (Å²) in [5.41, 5.74) is 3.31. The first-order chi connectivity index (χ1) is 17.4. The monoisotopic (exact) mass is 506 g/mol. The van der Waals surface area contributed by atoms with E-state index in [0.717, 1.165) is 36.7 Å². The smallest absolute Gasteiger partial charge is 0.333 e. The van der Waals surface area contributed by atoms with Gasteiger partial charge in [0.15, 0.2) is 0 Å². The molecule has 3 aromatic heterocycles. The van der Waals surface area contributed by atoms with Crippen molar-refractivity contribution in [1.29, 1.82) is 0 Å². The van der Waals surface area contributed by atoms with Gasteiger partial charge in [-0.05, 0) is 56.7 Å². The quantitative estimate of drug-likeness (QED) is 0.425. The molecule has 36 heavy (non-hydrogen) atoms. The molecule has 0 unspecified atom stereocenters. The van der Waals surface area contributed by atoms with Crippen LogP contribution < -0.4 is 15.7 Å². The zero-order valence-corrected chi connectivity index (χ0v) is 20.9. The summed E-state index contributed by atoms with van der Waals surface area (Å²) in [6.45, 7) is 2.41. The fourth-order valence-electron chi connectivity index (χ4n) is 4.91. The summed E-state index contributed by atoms with van der Waals surface area (Å²) in [5, 5.41) is 3.57. The van der Waals surface area contributed by atoms with Crippen LogP contribution in [0, 0.1) is 12.8 Å². The van der Waals surface area contributed by atoms with Gasteiger partial charge < -0.3 is 10.1 Å². The molecule has 0 saturated heterocycles. The van der Waals surface area contributed by atoms with Gasteiger partial charge in [0.1, 0.15) is 0 Å². The maximum absolute atomic E-state index is 13.5. The number of amides is 1. The third-order valence-electron chi connectivity index (χ3n) is 6.81. The summed E-state index contributed by atoms with van der Waals surface area (Å²) in [6, 6.07) is 9.73. The fraction of sp³-hybridized carbons (Fsp3) is 0.346. The lowest BCUT2D eigenvalue weighted by molar-refractivity contribution is 0.0919. The van der Waals surface area contributed by atoms with Crippen LogP contribution in [0.3, 0.4) is 0 Å². The number of pyridine rings is 1. The Bertz CT molecular complexity index is 1460. The van der Waals surface area contributed by atoms with Gasteiger partial charge in [0.25, 0.3) is 5.91 Å². The van der Waals surface area contributed by atoms with E-state index in [1.165, 1.54) is 7.11 Å². The summed E-state index contributed by atoms with van der Waals surface area (Å²) in [7, 11) is 1.50. The molecule has 1 aromatic carbocycles. The van der Waals surface area contributed by atoms with Crippen molar-refractivity contribution >= 4 is 28.5 Å². The van der Waals surface area contributed by atoms with Crippen molar-refractivity contribution in [3.05, 3.63) is 75.7 Å². The van der Waals surface area contributed by atoms with Crippen LogP contribution in [0.2, 0.25) is 5.02 Å². The SMILES string of the molecule is COc1ncc(-n2c(=O)n(CC3CCC(NC(=O)c4cc(Cl)cnc4C)CC3)c3ccccc32)cn1. The minimum atomic E-state index is -0.146. The van der Waals surface area contributed by atoms with Crippen LogP contribution in [0.1, 0.15) is 41.7 Å². The molecule has 10 heteroatoms. The lowest BCUT2D eigenvalue weighted by Gasteiger charge is -2.29. The lowest BCUT2D eigenvalue weighted by Crippen LogP contribution is -2.39. The molecule has 0 spiro atoms. The van der Waals surface area contributed by atoms with Crippen molar-refractivity contribution in [3.63, 3.8) is 0 Å². The summed E-state index contributed by atoms with van der Waals surface area (Å²) in [5.74, 6) is 0.184. The van der Waals surface area contributed by atoms with Crippen molar-refractivity contribution in [1.82, 2.24) is 29.4 Å². The topological polar surface area (TPSA) is 104 Å². The molecule has 1 aliphatic rings. The van der Waals surface area contributed by atoms with Crippen molar-refractivity contribution in [2.75, 3.05) is 7.11 Å². The predicted octanol–water partition coefficient (Wildman–Crippen LogP) is 3.94. The molecule has 9 nitrogen and oxygen atoms in total. The van der Waals surface area contributed by atoms with E-state index in [1.54, 1.807) is 36.1 Å². The Morgan fingerprint density at radius 3 is 2.47 bits per heavy atom. The first-order valence-corrected chi connectivity index (χ1v) is 12.3. The molecule has 186 valence electrons. The van der Waals surface area contributed by atoms with E-state index in [0.29, 0.717) is 34.4 Å². The van der Waals surface area contributed by atoms with Gasteiger partial charge in [-0.1, -0.05) is 23.7 Å². The van der Waals surface area contributed by atoms with Crippen LogP contribution in [-0.2, 0) is 6.54 Å². The van der Waals surface area contributed by atoms with Crippen LogP contribution in [0.15, 0.2) is 53.7 Å². The number of para-hydroxylation sites is 2. The lowest BCUT2D eigenvalue weighted by atomic mass is 9.85. The molecule has 3 heterocycles. The van der Waals surface area contributed by atoms with E-state index >= 15 is 0 Å². The second-order valence-corrected chi connectivity index (χ2v) is 9.56. The summed E-state index contributed by atoms with van der Waals surface area (Å²) < 4.78 is 8.53. The number of hydrogen-bond acceptors (Lipinski definition) is 6. The molecule has 5 rings (SSSR count). The number of fused-ring (bicyclic) bond motifs is 1. The molecule has 0 aliphatic heterocycles. The molecule has 1 saturated carbocycles. The second kappa shape index (κ2) is 10.1. The third-order valence-corrected chi connectivity index (χ3v) is 7.02. The highest BCUT2D eigenvalue weighted by atomic mass is 35.5. The standard InChI is InChI=1S/C26H27ClN6O3/c1-16-21(11-18(27)12-28-16)24(34)31-19-9-7-17(8-10-19)15-32-22-5-3-4-6-23(22)33(26(32)35)20-13-29-25(36-2)30-14-20/h3-6,11-14,17,19H,7-10,15H2,1-2H3,(H,31,34). The number of rotatable bonds is 6. The number of imidazole rings is 1. The molecule has 1 fully saturated rings. The van der Waals surface area contributed by atoms with Gasteiger partial charge in [-0.15, -0.1) is 0 Å². The Morgan fingerprint density at radius 2 is 1.78 bits per heavy atom. The molecule has 0 bridgehead atoms. The van der Waals surface area contributed by atoms with Gasteiger partial charge in [0, 0.05) is 18.8 Å². The Balaban J connectivity index is 1.30. The molecule has 4 aromatic rings. The van der Waals surface area contributed by atoms with Crippen LogP contribution in [0.25, 0.3) is 16.7 Å². The molecular formula is C26H27ClN6O3. The van der Waals surface area contributed by atoms with Crippen molar-refractivity contribution in [2.45, 2.75) is 45.2 Å². The highest BCUT2D eigenvalue weighted by Crippen LogP contribution is 2.28. The molecule has 0 radical (unpaired) electrons. The summed E-state index contributed by atoms with van der Waals surface area (Å²) in [4.78, 5) is 38.8. The van der Waals surface area contributed by atoms with Crippen LogP contribution >= 0.6 is 11.6 Å². The highest BCUT2D eigenvalue weighted by molar-refractivity contribution is 6.30. The van der Waals surface area contributed by atoms with Gasteiger partial charge in [0.2, 0.25) is 0 Å². The highest BCUT2D eigenvalue weighted by Gasteiger charge is 2.25. The number of carbonyl (C=O) groups excluding carboxylic acids is 1. The molecular weight excluding hydrogens is 480 g/mol. The van der Waals surface area contributed by atoms with Gasteiger partial charge in [-0.3, -0.25) is 18.9 Å². The number of hydrogen-bond donors (Lipinski definition) is 1. The summed E-state index contributed by atoms with van der Waals surface area (Å²) in [6.07, 6.45) is 8.25. The maximum Gasteiger partial charge on any atom is 0.333 e. The van der Waals surface area contributed by atoms with Gasteiger partial charge >= 0.3 is 11.7 Å². The number of methoxy groups -OCH3 is 1. The van der Waals surface area contributed by atoms with Crippen molar-refractivity contribution in [2.24, 2.45) is 5.92 Å². The van der Waals surface area contributed by atoms with E-state index in [1.807, 2.05) is 28.8 Å². The molecule has 1 aliphatic carbocycles. The normalized spacial score (nSPS) is 17.8. The minimum Gasteiger partial charge on any atom is -0.467 e. The fourth-order valence-corrected chi connectivity index (χ4v) is 5.07. The second-order valence-electron chi connectivity index (χ2n) is 9.12. The number of aryl methyl sites for hydroxylation is 1. The van der Waals surface area contributed by atoms with E-state index < -0.39 is 0 Å². The Kier molecular flexibility index (Phi) is 6.73. The van der Waals surface area contributed by atoms with Crippen LogP contribution in [0.5, 0.6) is 6.01 Å². The predicted molar refractivity (Wildman–Crippen MR) is 137 cm³/mol.